The van der Waals surface area contributed by atoms with Gasteiger partial charge in [0.25, 0.3) is 0 Å². The van der Waals surface area contributed by atoms with Crippen LogP contribution in [-0.2, 0) is 19.1 Å². The summed E-state index contributed by atoms with van der Waals surface area (Å²) in [6, 6.07) is 0. The van der Waals surface area contributed by atoms with Gasteiger partial charge in [0.1, 0.15) is 11.8 Å². The summed E-state index contributed by atoms with van der Waals surface area (Å²) in [6.45, 7) is 0.0370. The molecule has 0 bridgehead atoms. The van der Waals surface area contributed by atoms with Crippen molar-refractivity contribution in [3.05, 3.63) is 11.8 Å². The third kappa shape index (κ3) is 2.46. The molecule has 1 aliphatic heterocycles. The summed E-state index contributed by atoms with van der Waals surface area (Å²) in [5, 5.41) is 11.4. The van der Waals surface area contributed by atoms with Crippen molar-refractivity contribution >= 4 is 11.9 Å². The topological polar surface area (TPSA) is 84.9 Å². The zero-order valence-corrected chi connectivity index (χ0v) is 7.65. The van der Waals surface area contributed by atoms with Gasteiger partial charge in [0, 0.05) is 0 Å². The summed E-state index contributed by atoms with van der Waals surface area (Å²) in [6.07, 6.45) is 0.452. The molecule has 1 rings (SSSR count). The van der Waals surface area contributed by atoms with E-state index in [0.29, 0.717) is 0 Å². The first-order valence-electron chi connectivity index (χ1n) is 4.02. The zero-order valence-electron chi connectivity index (χ0n) is 7.65. The number of nitrogens with one attached hydrogen (secondary N) is 1. The minimum atomic E-state index is -0.666. The number of carbonyl (C=O) groups is 2. The SMILES string of the molecule is COC(=O)/C=C1\NCC(CO)OC1=O. The maximum absolute atomic E-state index is 11.1. The standard InChI is InChI=1S/C8H11NO5/c1-13-7(11)2-6-8(12)14-5(4-10)3-9-6/h2,5,9-10H,3-4H2,1H3/b6-2-. The van der Waals surface area contributed by atoms with Crippen molar-refractivity contribution in [3.63, 3.8) is 0 Å². The summed E-state index contributed by atoms with van der Waals surface area (Å²) < 4.78 is 9.11. The van der Waals surface area contributed by atoms with Crippen molar-refractivity contribution in [3.8, 4) is 0 Å². The van der Waals surface area contributed by atoms with Gasteiger partial charge in [0.05, 0.1) is 26.3 Å². The Labute approximate surface area is 80.5 Å². The Kier molecular flexibility index (Phi) is 3.47. The van der Waals surface area contributed by atoms with Gasteiger partial charge in [0.2, 0.25) is 0 Å². The maximum Gasteiger partial charge on any atom is 0.355 e. The van der Waals surface area contributed by atoms with Crippen LogP contribution in [0.1, 0.15) is 0 Å². The third-order valence-electron chi connectivity index (χ3n) is 1.68. The molecule has 0 aliphatic carbocycles. The van der Waals surface area contributed by atoms with Crippen LogP contribution in [0.25, 0.3) is 0 Å². The Bertz CT molecular complexity index is 273. The van der Waals surface area contributed by atoms with Crippen LogP contribution in [0.3, 0.4) is 0 Å². The van der Waals surface area contributed by atoms with Gasteiger partial charge in [-0.1, -0.05) is 0 Å². The third-order valence-corrected chi connectivity index (χ3v) is 1.68. The van der Waals surface area contributed by atoms with Crippen LogP contribution in [0.5, 0.6) is 0 Å². The molecular formula is C8H11NO5. The van der Waals surface area contributed by atoms with Crippen molar-refractivity contribution in [1.82, 2.24) is 5.32 Å². The lowest BCUT2D eigenvalue weighted by Crippen LogP contribution is -2.42. The van der Waals surface area contributed by atoms with E-state index in [9.17, 15) is 9.59 Å². The molecule has 6 heteroatoms. The van der Waals surface area contributed by atoms with Gasteiger partial charge in [-0.25, -0.2) is 9.59 Å². The van der Waals surface area contributed by atoms with Crippen LogP contribution in [0.4, 0.5) is 0 Å². The average molecular weight is 201 g/mol. The van der Waals surface area contributed by atoms with Gasteiger partial charge < -0.3 is 19.9 Å². The van der Waals surface area contributed by atoms with Crippen molar-refractivity contribution < 1.29 is 24.2 Å². The highest BCUT2D eigenvalue weighted by atomic mass is 16.6. The van der Waals surface area contributed by atoms with Crippen molar-refractivity contribution in [2.24, 2.45) is 0 Å². The van der Waals surface area contributed by atoms with Gasteiger partial charge in [-0.15, -0.1) is 0 Å². The highest BCUT2D eigenvalue weighted by Crippen LogP contribution is 2.05. The van der Waals surface area contributed by atoms with Gasteiger partial charge >= 0.3 is 11.9 Å². The molecule has 6 nitrogen and oxygen atoms in total. The summed E-state index contributed by atoms with van der Waals surface area (Å²) >= 11 is 0. The van der Waals surface area contributed by atoms with E-state index in [1.807, 2.05) is 0 Å². The molecule has 1 heterocycles. The van der Waals surface area contributed by atoms with Crippen LogP contribution < -0.4 is 5.32 Å². The average Bonchev–Trinajstić information content (AvgIpc) is 2.20. The lowest BCUT2D eigenvalue weighted by molar-refractivity contribution is -0.150. The molecule has 0 radical (unpaired) electrons. The van der Waals surface area contributed by atoms with Gasteiger partial charge in [-0.3, -0.25) is 0 Å². The van der Waals surface area contributed by atoms with Crippen LogP contribution in [0.15, 0.2) is 11.8 Å². The first-order chi connectivity index (χ1) is 6.67. The molecular weight excluding hydrogens is 190 g/mol. The van der Waals surface area contributed by atoms with Crippen molar-refractivity contribution in [2.45, 2.75) is 6.10 Å². The number of aliphatic hydroxyl groups excluding tert-OH is 1. The summed E-state index contributed by atoms with van der Waals surface area (Å²) in [4.78, 5) is 21.9. The second-order valence-corrected chi connectivity index (χ2v) is 2.67. The molecule has 0 aromatic rings. The predicted molar refractivity (Wildman–Crippen MR) is 45.1 cm³/mol. The monoisotopic (exact) mass is 201 g/mol. The predicted octanol–water partition coefficient (Wildman–Crippen LogP) is -1.45. The van der Waals surface area contributed by atoms with Crippen LogP contribution in [0.2, 0.25) is 0 Å². The lowest BCUT2D eigenvalue weighted by atomic mass is 10.3. The fourth-order valence-electron chi connectivity index (χ4n) is 0.941. The number of ether oxygens (including phenoxy) is 2. The van der Waals surface area contributed by atoms with E-state index in [0.717, 1.165) is 6.08 Å². The molecule has 1 unspecified atom stereocenters. The van der Waals surface area contributed by atoms with E-state index < -0.39 is 18.0 Å². The number of morpholine rings is 1. The van der Waals surface area contributed by atoms with Crippen LogP contribution in [0, 0.1) is 0 Å². The molecule has 1 fully saturated rings. The zero-order chi connectivity index (χ0) is 10.6. The molecule has 0 aromatic heterocycles. The Morgan fingerprint density at radius 2 is 2.57 bits per heavy atom. The number of esters is 2. The highest BCUT2D eigenvalue weighted by Gasteiger charge is 2.24. The maximum atomic E-state index is 11.1. The molecule has 1 saturated heterocycles. The molecule has 0 aromatic carbocycles. The van der Waals surface area contributed by atoms with Crippen molar-refractivity contribution in [2.75, 3.05) is 20.3 Å². The molecule has 78 valence electrons. The van der Waals surface area contributed by atoms with Gasteiger partial charge in [-0.2, -0.15) is 0 Å². The molecule has 1 atom stereocenters. The van der Waals surface area contributed by atoms with E-state index >= 15 is 0 Å². The second-order valence-electron chi connectivity index (χ2n) is 2.67. The minimum absolute atomic E-state index is 0.0431. The smallest absolute Gasteiger partial charge is 0.355 e. The summed E-state index contributed by atoms with van der Waals surface area (Å²) in [7, 11) is 1.21. The van der Waals surface area contributed by atoms with Crippen molar-refractivity contribution in [1.29, 1.82) is 0 Å². The van der Waals surface area contributed by atoms with E-state index in [-0.39, 0.29) is 18.8 Å². The first-order valence-corrected chi connectivity index (χ1v) is 4.02. The molecule has 1 aliphatic rings. The number of cyclic esters (lactones) is 1. The van der Waals surface area contributed by atoms with Gasteiger partial charge in [-0.05, 0) is 0 Å². The molecule has 2 N–H and O–H groups in total. The van der Waals surface area contributed by atoms with E-state index in [1.54, 1.807) is 0 Å². The molecule has 0 spiro atoms. The normalized spacial score (nSPS) is 24.0. The number of carbonyl (C=O) groups excluding carboxylic acids is 2. The molecule has 14 heavy (non-hydrogen) atoms. The van der Waals surface area contributed by atoms with E-state index in [1.165, 1.54) is 7.11 Å². The number of rotatable bonds is 2. The van der Waals surface area contributed by atoms with E-state index in [4.69, 9.17) is 9.84 Å². The van der Waals surface area contributed by atoms with Crippen LogP contribution >= 0.6 is 0 Å². The molecule has 0 saturated carbocycles. The number of aliphatic hydroxyl groups is 1. The largest absolute Gasteiger partial charge is 0.466 e. The summed E-state index contributed by atoms with van der Waals surface area (Å²) in [5.41, 5.74) is 0.0431. The van der Waals surface area contributed by atoms with E-state index in [2.05, 4.69) is 10.1 Å². The second kappa shape index (κ2) is 4.61. The summed E-state index contributed by atoms with van der Waals surface area (Å²) in [5.74, 6) is -1.30. The Morgan fingerprint density at radius 3 is 3.07 bits per heavy atom. The Balaban J connectivity index is 2.62. The van der Waals surface area contributed by atoms with Crippen LogP contribution in [-0.4, -0.2) is 43.4 Å². The fourth-order valence-corrected chi connectivity index (χ4v) is 0.941. The number of hydrogen-bond acceptors (Lipinski definition) is 6. The van der Waals surface area contributed by atoms with Gasteiger partial charge in [0.15, 0.2) is 0 Å². The molecule has 0 amide bonds. The minimum Gasteiger partial charge on any atom is -0.466 e. The fraction of sp³-hybridized carbons (Fsp3) is 0.500. The number of hydrogen-bond donors (Lipinski definition) is 2. The highest BCUT2D eigenvalue weighted by molar-refractivity contribution is 5.96. The first kappa shape index (κ1) is 10.5. The lowest BCUT2D eigenvalue weighted by Gasteiger charge is -2.23. The number of methoxy groups -OCH3 is 1. The quantitative estimate of drug-likeness (QED) is 0.420. The Hall–Kier alpha value is -1.56. The Morgan fingerprint density at radius 1 is 1.86 bits per heavy atom.